The molecule has 1 aromatic carbocycles. The molecule has 0 aliphatic heterocycles. The summed E-state index contributed by atoms with van der Waals surface area (Å²) in [5, 5.41) is 9.37. The molecule has 0 spiro atoms. The number of carboxylic acid groups (broad SMARTS) is 1. The number of likely N-dealkylation sites (N-methyl/N-ethyl adjacent to an activating group) is 1. The van der Waals surface area contributed by atoms with Crippen molar-refractivity contribution in [1.82, 2.24) is 4.90 Å². The maximum atomic E-state index is 11.4. The summed E-state index contributed by atoms with van der Waals surface area (Å²) in [6.07, 6.45) is 1.41. The molecule has 0 fully saturated rings. The van der Waals surface area contributed by atoms with Crippen molar-refractivity contribution in [3.05, 3.63) is 35.9 Å². The van der Waals surface area contributed by atoms with Gasteiger partial charge in [-0.3, -0.25) is 9.69 Å². The summed E-state index contributed by atoms with van der Waals surface area (Å²) >= 11 is 0. The number of benzene rings is 1. The van der Waals surface area contributed by atoms with E-state index in [9.17, 15) is 9.90 Å². The van der Waals surface area contributed by atoms with Gasteiger partial charge in [-0.1, -0.05) is 37.3 Å². The quantitative estimate of drug-likeness (QED) is 0.823. The Kier molecular flexibility index (Phi) is 4.70. The number of nitrogens with zero attached hydrogens (tertiary/aromatic N) is 1. The van der Waals surface area contributed by atoms with E-state index in [1.165, 1.54) is 5.56 Å². The van der Waals surface area contributed by atoms with Crippen LogP contribution in [0.4, 0.5) is 0 Å². The lowest BCUT2D eigenvalue weighted by atomic mass is 9.91. The molecule has 0 radical (unpaired) electrons. The van der Waals surface area contributed by atoms with Crippen molar-refractivity contribution in [2.24, 2.45) is 0 Å². The number of hydrogen-bond acceptors (Lipinski definition) is 2. The Morgan fingerprint density at radius 2 is 1.94 bits per heavy atom. The van der Waals surface area contributed by atoms with Crippen LogP contribution in [0.3, 0.4) is 0 Å². The molecule has 1 rings (SSSR count). The lowest BCUT2D eigenvalue weighted by molar-refractivity contribution is -0.150. The summed E-state index contributed by atoms with van der Waals surface area (Å²) in [6, 6.07) is 10.0. The van der Waals surface area contributed by atoms with Crippen LogP contribution in [0, 0.1) is 0 Å². The summed E-state index contributed by atoms with van der Waals surface area (Å²) < 4.78 is 0. The number of aliphatic carboxylic acids is 1. The lowest BCUT2D eigenvalue weighted by Crippen LogP contribution is -2.50. The number of carbonyl (C=O) groups is 1. The Bertz CT molecular complexity index is 364. The zero-order chi connectivity index (χ0) is 12.9. The topological polar surface area (TPSA) is 40.5 Å². The first-order chi connectivity index (χ1) is 8.00. The van der Waals surface area contributed by atoms with Crippen molar-refractivity contribution in [3.8, 4) is 0 Å². The Morgan fingerprint density at radius 3 is 2.41 bits per heavy atom. The van der Waals surface area contributed by atoms with Crippen molar-refractivity contribution < 1.29 is 9.90 Å². The van der Waals surface area contributed by atoms with Gasteiger partial charge in [0.15, 0.2) is 0 Å². The van der Waals surface area contributed by atoms with Crippen LogP contribution in [0.15, 0.2) is 30.3 Å². The third-order valence-corrected chi connectivity index (χ3v) is 3.52. The van der Waals surface area contributed by atoms with Crippen LogP contribution >= 0.6 is 0 Å². The van der Waals surface area contributed by atoms with Crippen molar-refractivity contribution in [1.29, 1.82) is 0 Å². The second-order valence-corrected chi connectivity index (χ2v) is 4.58. The van der Waals surface area contributed by atoms with E-state index in [2.05, 4.69) is 0 Å². The van der Waals surface area contributed by atoms with Crippen LogP contribution in [-0.2, 0) is 11.2 Å². The predicted molar refractivity (Wildman–Crippen MR) is 69.1 cm³/mol. The molecule has 3 heteroatoms. The Morgan fingerprint density at radius 1 is 1.35 bits per heavy atom. The van der Waals surface area contributed by atoms with Crippen LogP contribution in [0.1, 0.15) is 25.8 Å². The minimum Gasteiger partial charge on any atom is -0.480 e. The Hall–Kier alpha value is -1.35. The third-order valence-electron chi connectivity index (χ3n) is 3.52. The zero-order valence-electron chi connectivity index (χ0n) is 10.8. The van der Waals surface area contributed by atoms with E-state index in [0.29, 0.717) is 6.42 Å². The second-order valence-electron chi connectivity index (χ2n) is 4.58. The molecule has 17 heavy (non-hydrogen) atoms. The van der Waals surface area contributed by atoms with Crippen LogP contribution in [-0.4, -0.2) is 35.1 Å². The fraction of sp³-hybridized carbons (Fsp3) is 0.500. The molecule has 1 unspecified atom stereocenters. The number of carboxylic acids is 1. The van der Waals surface area contributed by atoms with E-state index in [0.717, 1.165) is 13.0 Å². The van der Waals surface area contributed by atoms with Gasteiger partial charge in [0.1, 0.15) is 5.54 Å². The number of aryl methyl sites for hydroxylation is 1. The molecule has 0 heterocycles. The highest BCUT2D eigenvalue weighted by Crippen LogP contribution is 2.21. The predicted octanol–water partition coefficient (Wildman–Crippen LogP) is 2.41. The maximum absolute atomic E-state index is 11.4. The zero-order valence-corrected chi connectivity index (χ0v) is 10.8. The van der Waals surface area contributed by atoms with Crippen molar-refractivity contribution >= 4 is 5.97 Å². The average Bonchev–Trinajstić information content (AvgIpc) is 2.35. The standard InChI is InChI=1S/C14H21NO2/c1-4-15(3)14(2,13(16)17)11-10-12-8-6-5-7-9-12/h5-9H,4,10-11H2,1-3H3,(H,16,17). The first-order valence-electron chi connectivity index (χ1n) is 5.99. The van der Waals surface area contributed by atoms with Gasteiger partial charge in [0.2, 0.25) is 0 Å². The van der Waals surface area contributed by atoms with Gasteiger partial charge in [0, 0.05) is 0 Å². The van der Waals surface area contributed by atoms with E-state index >= 15 is 0 Å². The molecular weight excluding hydrogens is 214 g/mol. The highest BCUT2D eigenvalue weighted by molar-refractivity contribution is 5.78. The Labute approximate surface area is 103 Å². The molecule has 0 saturated heterocycles. The molecule has 0 saturated carbocycles. The van der Waals surface area contributed by atoms with Crippen molar-refractivity contribution in [2.45, 2.75) is 32.2 Å². The van der Waals surface area contributed by atoms with Gasteiger partial charge in [-0.05, 0) is 38.9 Å². The molecule has 3 nitrogen and oxygen atoms in total. The summed E-state index contributed by atoms with van der Waals surface area (Å²) in [4.78, 5) is 13.3. The molecule has 94 valence electrons. The van der Waals surface area contributed by atoms with Gasteiger partial charge in [-0.2, -0.15) is 0 Å². The lowest BCUT2D eigenvalue weighted by Gasteiger charge is -2.34. The summed E-state index contributed by atoms with van der Waals surface area (Å²) in [5.74, 6) is -0.752. The first kappa shape index (κ1) is 13.7. The van der Waals surface area contributed by atoms with Crippen LogP contribution in [0.5, 0.6) is 0 Å². The molecule has 0 aliphatic carbocycles. The highest BCUT2D eigenvalue weighted by Gasteiger charge is 2.36. The van der Waals surface area contributed by atoms with Crippen molar-refractivity contribution in [2.75, 3.05) is 13.6 Å². The van der Waals surface area contributed by atoms with E-state index in [1.807, 2.05) is 49.2 Å². The fourth-order valence-electron chi connectivity index (χ4n) is 1.84. The van der Waals surface area contributed by atoms with E-state index < -0.39 is 11.5 Å². The van der Waals surface area contributed by atoms with Crippen LogP contribution in [0.2, 0.25) is 0 Å². The first-order valence-corrected chi connectivity index (χ1v) is 5.99. The normalized spacial score (nSPS) is 14.6. The molecule has 1 aromatic rings. The van der Waals surface area contributed by atoms with Gasteiger partial charge in [0.05, 0.1) is 0 Å². The van der Waals surface area contributed by atoms with Crippen LogP contribution in [0.25, 0.3) is 0 Å². The minimum atomic E-state index is -0.787. The van der Waals surface area contributed by atoms with E-state index in [1.54, 1.807) is 6.92 Å². The van der Waals surface area contributed by atoms with Crippen LogP contribution < -0.4 is 0 Å². The van der Waals surface area contributed by atoms with Crippen molar-refractivity contribution in [3.63, 3.8) is 0 Å². The molecule has 1 atom stereocenters. The number of hydrogen-bond donors (Lipinski definition) is 1. The maximum Gasteiger partial charge on any atom is 0.323 e. The summed E-state index contributed by atoms with van der Waals surface area (Å²) in [6.45, 7) is 4.50. The number of rotatable bonds is 6. The molecular formula is C14H21NO2. The van der Waals surface area contributed by atoms with Gasteiger partial charge < -0.3 is 5.11 Å². The van der Waals surface area contributed by atoms with Gasteiger partial charge in [-0.25, -0.2) is 0 Å². The summed E-state index contributed by atoms with van der Waals surface area (Å²) in [7, 11) is 1.86. The largest absolute Gasteiger partial charge is 0.480 e. The summed E-state index contributed by atoms with van der Waals surface area (Å²) in [5.41, 5.74) is 0.398. The third kappa shape index (κ3) is 3.30. The van der Waals surface area contributed by atoms with Gasteiger partial charge in [0.25, 0.3) is 0 Å². The monoisotopic (exact) mass is 235 g/mol. The molecule has 0 aliphatic rings. The Balaban J connectivity index is 2.72. The molecule has 0 amide bonds. The fourth-order valence-corrected chi connectivity index (χ4v) is 1.84. The van der Waals surface area contributed by atoms with Gasteiger partial charge >= 0.3 is 5.97 Å². The molecule has 0 bridgehead atoms. The molecule has 0 aromatic heterocycles. The molecule has 1 N–H and O–H groups in total. The van der Waals surface area contributed by atoms with E-state index in [-0.39, 0.29) is 0 Å². The van der Waals surface area contributed by atoms with Gasteiger partial charge in [-0.15, -0.1) is 0 Å². The second kappa shape index (κ2) is 5.82. The smallest absolute Gasteiger partial charge is 0.323 e. The van der Waals surface area contributed by atoms with E-state index in [4.69, 9.17) is 0 Å². The minimum absolute atomic E-state index is 0.622. The SMILES string of the molecule is CCN(C)C(C)(CCc1ccccc1)C(=O)O. The highest BCUT2D eigenvalue weighted by atomic mass is 16.4. The average molecular weight is 235 g/mol.